The highest BCUT2D eigenvalue weighted by Crippen LogP contribution is 2.27. The second-order valence-electron chi connectivity index (χ2n) is 4.51. The molecule has 0 bridgehead atoms. The molecule has 3 heteroatoms. The van der Waals surface area contributed by atoms with Gasteiger partial charge < -0.3 is 9.84 Å². The van der Waals surface area contributed by atoms with E-state index in [4.69, 9.17) is 4.74 Å². The first kappa shape index (κ1) is 13.1. The summed E-state index contributed by atoms with van der Waals surface area (Å²) in [6.45, 7) is 3.98. The Morgan fingerprint density at radius 1 is 1.00 bits per heavy atom. The summed E-state index contributed by atoms with van der Waals surface area (Å²) < 4.78 is 5.01. The van der Waals surface area contributed by atoms with E-state index in [9.17, 15) is 9.90 Å². The molecule has 0 radical (unpaired) electrons. The molecule has 0 unspecified atom stereocenters. The molecule has 2 aromatic carbocycles. The third-order valence-electron chi connectivity index (χ3n) is 3.21. The number of ether oxygens (including phenoxy) is 1. The molecule has 0 atom stereocenters. The third-order valence-corrected chi connectivity index (χ3v) is 3.21. The number of aryl methyl sites for hydroxylation is 2. The molecule has 3 nitrogen and oxygen atoms in total. The fraction of sp³-hybridized carbons (Fsp3) is 0.188. The van der Waals surface area contributed by atoms with Gasteiger partial charge in [-0.3, -0.25) is 4.79 Å². The standard InChI is InChI=1S/C16H16O3/c1-10-4-5-12(8-11(10)2)16(18)13-6-7-14(17)15(9-13)19-3/h4-9,17H,1-3H3. The zero-order valence-corrected chi connectivity index (χ0v) is 11.2. The van der Waals surface area contributed by atoms with Crippen LogP contribution in [0.5, 0.6) is 11.5 Å². The number of carbonyl (C=O) groups is 1. The van der Waals surface area contributed by atoms with Gasteiger partial charge in [-0.2, -0.15) is 0 Å². The molecular formula is C16H16O3. The number of carbonyl (C=O) groups excluding carboxylic acids is 1. The van der Waals surface area contributed by atoms with Crippen LogP contribution in [-0.4, -0.2) is 18.0 Å². The number of phenolic OH excluding ortho intramolecular Hbond substituents is 1. The van der Waals surface area contributed by atoms with Gasteiger partial charge in [-0.05, 0) is 49.2 Å². The number of methoxy groups -OCH3 is 1. The summed E-state index contributed by atoms with van der Waals surface area (Å²) in [4.78, 5) is 12.4. The average molecular weight is 256 g/mol. The molecule has 0 saturated carbocycles. The van der Waals surface area contributed by atoms with Crippen molar-refractivity contribution in [2.45, 2.75) is 13.8 Å². The van der Waals surface area contributed by atoms with Gasteiger partial charge in [0, 0.05) is 11.1 Å². The van der Waals surface area contributed by atoms with Crippen molar-refractivity contribution >= 4 is 5.78 Å². The van der Waals surface area contributed by atoms with Crippen LogP contribution in [0, 0.1) is 13.8 Å². The Bertz CT molecular complexity index is 630. The van der Waals surface area contributed by atoms with E-state index in [1.165, 1.54) is 13.2 Å². The Labute approximate surface area is 112 Å². The zero-order valence-electron chi connectivity index (χ0n) is 11.2. The van der Waals surface area contributed by atoms with Crippen LogP contribution in [0.15, 0.2) is 36.4 Å². The average Bonchev–Trinajstić information content (AvgIpc) is 2.41. The van der Waals surface area contributed by atoms with Crippen LogP contribution in [0.1, 0.15) is 27.0 Å². The zero-order chi connectivity index (χ0) is 14.0. The molecule has 0 aliphatic carbocycles. The Kier molecular flexibility index (Phi) is 3.56. The Balaban J connectivity index is 2.41. The van der Waals surface area contributed by atoms with Gasteiger partial charge in [0.15, 0.2) is 17.3 Å². The van der Waals surface area contributed by atoms with Gasteiger partial charge in [-0.1, -0.05) is 12.1 Å². The van der Waals surface area contributed by atoms with E-state index in [0.29, 0.717) is 16.9 Å². The predicted molar refractivity (Wildman–Crippen MR) is 74.0 cm³/mol. The van der Waals surface area contributed by atoms with Gasteiger partial charge in [0.1, 0.15) is 0 Å². The maximum atomic E-state index is 12.4. The number of hydrogen-bond acceptors (Lipinski definition) is 3. The van der Waals surface area contributed by atoms with Crippen molar-refractivity contribution in [3.8, 4) is 11.5 Å². The lowest BCUT2D eigenvalue weighted by atomic mass is 9.99. The lowest BCUT2D eigenvalue weighted by molar-refractivity contribution is 0.103. The van der Waals surface area contributed by atoms with Crippen LogP contribution in [0.3, 0.4) is 0 Å². The van der Waals surface area contributed by atoms with E-state index in [2.05, 4.69) is 0 Å². The number of rotatable bonds is 3. The summed E-state index contributed by atoms with van der Waals surface area (Å²) in [5.41, 5.74) is 3.37. The summed E-state index contributed by atoms with van der Waals surface area (Å²) in [6, 6.07) is 10.2. The first-order valence-corrected chi connectivity index (χ1v) is 6.02. The minimum atomic E-state index is -0.0820. The highest BCUT2D eigenvalue weighted by molar-refractivity contribution is 6.09. The van der Waals surface area contributed by atoms with Crippen LogP contribution in [0.25, 0.3) is 0 Å². The highest BCUT2D eigenvalue weighted by atomic mass is 16.5. The lowest BCUT2D eigenvalue weighted by Crippen LogP contribution is -2.02. The van der Waals surface area contributed by atoms with E-state index < -0.39 is 0 Å². The van der Waals surface area contributed by atoms with Crippen LogP contribution in [-0.2, 0) is 0 Å². The van der Waals surface area contributed by atoms with E-state index in [1.807, 2.05) is 32.0 Å². The fourth-order valence-corrected chi connectivity index (χ4v) is 1.87. The molecule has 98 valence electrons. The van der Waals surface area contributed by atoms with Gasteiger partial charge in [-0.25, -0.2) is 0 Å². The molecular weight excluding hydrogens is 240 g/mol. The molecule has 19 heavy (non-hydrogen) atoms. The summed E-state index contributed by atoms with van der Waals surface area (Å²) in [5.74, 6) is 0.246. The molecule has 0 aliphatic rings. The number of benzene rings is 2. The molecule has 2 rings (SSSR count). The normalized spacial score (nSPS) is 10.3. The van der Waals surface area contributed by atoms with Crippen molar-refractivity contribution in [3.63, 3.8) is 0 Å². The largest absolute Gasteiger partial charge is 0.504 e. The number of phenols is 1. The van der Waals surface area contributed by atoms with Crippen LogP contribution in [0.2, 0.25) is 0 Å². The van der Waals surface area contributed by atoms with Gasteiger partial charge in [-0.15, -0.1) is 0 Å². The Morgan fingerprint density at radius 2 is 1.63 bits per heavy atom. The minimum absolute atomic E-state index is 0.0270. The van der Waals surface area contributed by atoms with Gasteiger partial charge in [0.25, 0.3) is 0 Å². The smallest absolute Gasteiger partial charge is 0.193 e. The summed E-state index contributed by atoms with van der Waals surface area (Å²) in [6.07, 6.45) is 0. The molecule has 0 spiro atoms. The topological polar surface area (TPSA) is 46.5 Å². The van der Waals surface area contributed by atoms with Gasteiger partial charge in [0.2, 0.25) is 0 Å². The molecule has 0 heterocycles. The van der Waals surface area contributed by atoms with Crippen LogP contribution in [0.4, 0.5) is 0 Å². The number of aromatic hydroxyl groups is 1. The monoisotopic (exact) mass is 256 g/mol. The summed E-state index contributed by atoms with van der Waals surface area (Å²) in [5, 5.41) is 9.53. The SMILES string of the molecule is COc1cc(C(=O)c2ccc(C)c(C)c2)ccc1O. The molecule has 2 aromatic rings. The second kappa shape index (κ2) is 5.14. The van der Waals surface area contributed by atoms with Crippen LogP contribution < -0.4 is 4.74 Å². The molecule has 0 aliphatic heterocycles. The second-order valence-corrected chi connectivity index (χ2v) is 4.51. The fourth-order valence-electron chi connectivity index (χ4n) is 1.87. The maximum absolute atomic E-state index is 12.4. The molecule has 0 fully saturated rings. The van der Waals surface area contributed by atoms with E-state index >= 15 is 0 Å². The molecule has 0 aromatic heterocycles. The van der Waals surface area contributed by atoms with Crippen molar-refractivity contribution in [2.24, 2.45) is 0 Å². The number of hydrogen-bond donors (Lipinski definition) is 1. The third kappa shape index (κ3) is 2.60. The predicted octanol–water partition coefficient (Wildman–Crippen LogP) is 3.25. The van der Waals surface area contributed by atoms with Crippen LogP contribution >= 0.6 is 0 Å². The highest BCUT2D eigenvalue weighted by Gasteiger charge is 2.12. The first-order valence-electron chi connectivity index (χ1n) is 6.02. The van der Waals surface area contributed by atoms with E-state index in [0.717, 1.165) is 11.1 Å². The molecule has 0 saturated heterocycles. The number of ketones is 1. The van der Waals surface area contributed by atoms with Gasteiger partial charge >= 0.3 is 0 Å². The quantitative estimate of drug-likeness (QED) is 0.857. The Hall–Kier alpha value is -2.29. The van der Waals surface area contributed by atoms with Crippen molar-refractivity contribution in [2.75, 3.05) is 7.11 Å². The molecule has 1 N–H and O–H groups in total. The van der Waals surface area contributed by atoms with E-state index in [1.54, 1.807) is 12.1 Å². The molecule has 0 amide bonds. The Morgan fingerprint density at radius 3 is 2.26 bits per heavy atom. The van der Waals surface area contributed by atoms with Crippen molar-refractivity contribution in [1.82, 2.24) is 0 Å². The maximum Gasteiger partial charge on any atom is 0.193 e. The van der Waals surface area contributed by atoms with Crippen molar-refractivity contribution < 1.29 is 14.6 Å². The summed E-state index contributed by atoms with van der Waals surface area (Å²) in [7, 11) is 1.46. The lowest BCUT2D eigenvalue weighted by Gasteiger charge is -2.07. The van der Waals surface area contributed by atoms with E-state index in [-0.39, 0.29) is 11.5 Å². The van der Waals surface area contributed by atoms with Crippen molar-refractivity contribution in [1.29, 1.82) is 0 Å². The first-order chi connectivity index (χ1) is 9.02. The minimum Gasteiger partial charge on any atom is -0.504 e. The van der Waals surface area contributed by atoms with Gasteiger partial charge in [0.05, 0.1) is 7.11 Å². The van der Waals surface area contributed by atoms with Crippen molar-refractivity contribution in [3.05, 3.63) is 58.7 Å². The summed E-state index contributed by atoms with van der Waals surface area (Å²) >= 11 is 0.